The van der Waals surface area contributed by atoms with Gasteiger partial charge >= 0.3 is 0 Å². The number of ether oxygens (including phenoxy) is 1. The lowest BCUT2D eigenvalue weighted by Gasteiger charge is -2.35. The van der Waals surface area contributed by atoms with Gasteiger partial charge < -0.3 is 15.4 Å². The van der Waals surface area contributed by atoms with Crippen LogP contribution in [0.3, 0.4) is 0 Å². The molecule has 0 radical (unpaired) electrons. The summed E-state index contributed by atoms with van der Waals surface area (Å²) in [5, 5.41) is 0. The summed E-state index contributed by atoms with van der Waals surface area (Å²) in [6.45, 7) is 6.37. The fourth-order valence-electron chi connectivity index (χ4n) is 1.94. The lowest BCUT2D eigenvalue weighted by Crippen LogP contribution is -2.50. The summed E-state index contributed by atoms with van der Waals surface area (Å²) in [7, 11) is 0. The Kier molecular flexibility index (Phi) is 4.01. The number of nitrogens with two attached hydrogens (primary N) is 1. The molecule has 0 spiro atoms. The molecule has 0 saturated carbocycles. The third kappa shape index (κ3) is 2.97. The number of hydrogen-bond acceptors (Lipinski definition) is 4. The average Bonchev–Trinajstić information content (AvgIpc) is 2.29. The molecule has 1 aliphatic rings. The van der Waals surface area contributed by atoms with Gasteiger partial charge in [0.15, 0.2) is 0 Å². The molecule has 1 saturated heterocycles. The largest absolute Gasteiger partial charge is 0.373 e. The molecule has 1 aliphatic heterocycles. The second-order valence-corrected chi connectivity index (χ2v) is 5.39. The Bertz CT molecular complexity index is 397. The van der Waals surface area contributed by atoms with E-state index < -0.39 is 0 Å². The van der Waals surface area contributed by atoms with Gasteiger partial charge in [0.25, 0.3) is 0 Å². The highest BCUT2D eigenvalue weighted by atomic mass is 79.9. The fourth-order valence-corrected chi connectivity index (χ4v) is 2.66. The highest BCUT2D eigenvalue weighted by molar-refractivity contribution is 9.10. The van der Waals surface area contributed by atoms with E-state index in [-0.39, 0.29) is 12.1 Å². The van der Waals surface area contributed by atoms with Crippen molar-refractivity contribution in [1.29, 1.82) is 0 Å². The molecule has 4 nitrogen and oxygen atoms in total. The highest BCUT2D eigenvalue weighted by Gasteiger charge is 2.25. The Hall–Kier alpha value is -0.650. The molecular weight excluding hydrogens is 282 g/mol. The Morgan fingerprint density at radius 1 is 1.65 bits per heavy atom. The molecule has 0 aliphatic carbocycles. The van der Waals surface area contributed by atoms with Gasteiger partial charge in [-0.3, -0.25) is 0 Å². The van der Waals surface area contributed by atoms with Crippen molar-refractivity contribution in [3.05, 3.63) is 22.3 Å². The van der Waals surface area contributed by atoms with E-state index in [1.54, 1.807) is 0 Å². The van der Waals surface area contributed by atoms with E-state index in [1.807, 2.05) is 20.0 Å². The summed E-state index contributed by atoms with van der Waals surface area (Å²) in [6.07, 6.45) is 1.97. The Balaban J connectivity index is 2.16. The molecule has 5 heteroatoms. The molecule has 0 bridgehead atoms. The zero-order valence-electron chi connectivity index (χ0n) is 10.2. The van der Waals surface area contributed by atoms with Crippen LogP contribution in [0.15, 0.2) is 16.7 Å². The van der Waals surface area contributed by atoms with Gasteiger partial charge in [0.05, 0.1) is 17.2 Å². The molecule has 2 unspecified atom stereocenters. The summed E-state index contributed by atoms with van der Waals surface area (Å²) in [4.78, 5) is 6.70. The van der Waals surface area contributed by atoms with Gasteiger partial charge in [-0.05, 0) is 41.4 Å². The third-order valence-corrected chi connectivity index (χ3v) is 3.52. The third-order valence-electron chi connectivity index (χ3n) is 2.94. The minimum Gasteiger partial charge on any atom is -0.373 e. The van der Waals surface area contributed by atoms with Crippen LogP contribution in [0.4, 0.5) is 5.82 Å². The van der Waals surface area contributed by atoms with Crippen molar-refractivity contribution in [1.82, 2.24) is 4.98 Å². The van der Waals surface area contributed by atoms with Gasteiger partial charge in [-0.2, -0.15) is 0 Å². The number of rotatable bonds is 2. The molecule has 0 aromatic carbocycles. The zero-order valence-corrected chi connectivity index (χ0v) is 11.8. The minimum absolute atomic E-state index is 0.0435. The number of aromatic nitrogens is 1. The molecule has 1 aromatic rings. The van der Waals surface area contributed by atoms with Crippen molar-refractivity contribution in [3.8, 4) is 0 Å². The van der Waals surface area contributed by atoms with Crippen molar-refractivity contribution < 1.29 is 4.74 Å². The predicted molar refractivity (Wildman–Crippen MR) is 72.3 cm³/mol. The van der Waals surface area contributed by atoms with Crippen LogP contribution in [0.5, 0.6) is 0 Å². The van der Waals surface area contributed by atoms with Gasteiger partial charge in [0.1, 0.15) is 5.82 Å². The van der Waals surface area contributed by atoms with Crippen molar-refractivity contribution in [2.45, 2.75) is 26.0 Å². The molecule has 2 rings (SSSR count). The maximum absolute atomic E-state index is 5.89. The zero-order chi connectivity index (χ0) is 12.4. The van der Waals surface area contributed by atoms with Crippen LogP contribution in [-0.2, 0) is 4.74 Å². The average molecular weight is 300 g/mol. The maximum Gasteiger partial charge on any atom is 0.143 e. The Morgan fingerprint density at radius 2 is 2.41 bits per heavy atom. The van der Waals surface area contributed by atoms with Crippen LogP contribution >= 0.6 is 15.9 Å². The van der Waals surface area contributed by atoms with Gasteiger partial charge in [-0.1, -0.05) is 0 Å². The first-order chi connectivity index (χ1) is 8.08. The quantitative estimate of drug-likeness (QED) is 0.903. The smallest absolute Gasteiger partial charge is 0.143 e. The number of hydrogen-bond donors (Lipinski definition) is 1. The molecule has 2 N–H and O–H groups in total. The van der Waals surface area contributed by atoms with Gasteiger partial charge in [0, 0.05) is 25.3 Å². The number of pyridine rings is 1. The predicted octanol–water partition coefficient (Wildman–Crippen LogP) is 1.70. The number of morpholine rings is 1. The van der Waals surface area contributed by atoms with Crippen LogP contribution in [0.2, 0.25) is 0 Å². The van der Waals surface area contributed by atoms with E-state index in [0.29, 0.717) is 6.61 Å². The first-order valence-corrected chi connectivity index (χ1v) is 6.61. The maximum atomic E-state index is 5.89. The van der Waals surface area contributed by atoms with Crippen LogP contribution in [0, 0.1) is 6.92 Å². The molecule has 17 heavy (non-hydrogen) atoms. The summed E-state index contributed by atoms with van der Waals surface area (Å²) < 4.78 is 6.68. The number of nitrogens with zero attached hydrogens (tertiary/aromatic N) is 2. The van der Waals surface area contributed by atoms with Crippen LogP contribution in [0.1, 0.15) is 12.5 Å². The summed E-state index contributed by atoms with van der Waals surface area (Å²) in [6, 6.07) is 2.13. The number of anilines is 1. The van der Waals surface area contributed by atoms with E-state index >= 15 is 0 Å². The molecule has 1 aromatic heterocycles. The Morgan fingerprint density at radius 3 is 3.06 bits per heavy atom. The molecule has 94 valence electrons. The standard InChI is InChI=1S/C12H18BrN3O/c1-8-5-10(13)12(15-6-8)16-3-4-17-11(7-16)9(2)14/h5-6,9,11H,3-4,7,14H2,1-2H3. The van der Waals surface area contributed by atoms with Crippen molar-refractivity contribution >= 4 is 21.7 Å². The molecule has 1 fully saturated rings. The van der Waals surface area contributed by atoms with Crippen LogP contribution in [0.25, 0.3) is 0 Å². The van der Waals surface area contributed by atoms with E-state index in [1.165, 1.54) is 0 Å². The van der Waals surface area contributed by atoms with Crippen LogP contribution in [-0.4, -0.2) is 36.8 Å². The second kappa shape index (κ2) is 5.33. The van der Waals surface area contributed by atoms with E-state index in [0.717, 1.165) is 28.9 Å². The highest BCUT2D eigenvalue weighted by Crippen LogP contribution is 2.26. The van der Waals surface area contributed by atoms with Gasteiger partial charge in [-0.15, -0.1) is 0 Å². The van der Waals surface area contributed by atoms with E-state index in [9.17, 15) is 0 Å². The minimum atomic E-state index is 0.0435. The second-order valence-electron chi connectivity index (χ2n) is 4.53. The molecule has 2 atom stereocenters. The van der Waals surface area contributed by atoms with E-state index in [2.05, 4.69) is 31.9 Å². The lowest BCUT2D eigenvalue weighted by atomic mass is 10.1. The summed E-state index contributed by atoms with van der Waals surface area (Å²) in [5.41, 5.74) is 7.04. The van der Waals surface area contributed by atoms with E-state index in [4.69, 9.17) is 10.5 Å². The van der Waals surface area contributed by atoms with Crippen LogP contribution < -0.4 is 10.6 Å². The molecule has 2 heterocycles. The van der Waals surface area contributed by atoms with Gasteiger partial charge in [0.2, 0.25) is 0 Å². The SMILES string of the molecule is Cc1cnc(N2CCOC(C(C)N)C2)c(Br)c1. The Labute approximate surface area is 110 Å². The summed E-state index contributed by atoms with van der Waals surface area (Å²) in [5.74, 6) is 0.976. The first kappa shape index (κ1) is 12.8. The number of aryl methyl sites for hydroxylation is 1. The molecule has 0 amide bonds. The summed E-state index contributed by atoms with van der Waals surface area (Å²) >= 11 is 3.56. The van der Waals surface area contributed by atoms with Gasteiger partial charge in [-0.25, -0.2) is 4.98 Å². The normalized spacial score (nSPS) is 22.6. The van der Waals surface area contributed by atoms with Crippen molar-refractivity contribution in [2.24, 2.45) is 5.73 Å². The number of halogens is 1. The van der Waals surface area contributed by atoms with Crippen molar-refractivity contribution in [3.63, 3.8) is 0 Å². The monoisotopic (exact) mass is 299 g/mol. The fraction of sp³-hybridized carbons (Fsp3) is 0.583. The van der Waals surface area contributed by atoms with Crippen molar-refractivity contribution in [2.75, 3.05) is 24.6 Å². The lowest BCUT2D eigenvalue weighted by molar-refractivity contribution is 0.0273. The molecular formula is C12H18BrN3O. The topological polar surface area (TPSA) is 51.4 Å². The first-order valence-electron chi connectivity index (χ1n) is 5.82.